The molecule has 5 rings (SSSR count). The number of hydrogen-bond acceptors (Lipinski definition) is 6. The van der Waals surface area contributed by atoms with Gasteiger partial charge in [0.05, 0.1) is 22.0 Å². The van der Waals surface area contributed by atoms with E-state index in [1.165, 1.54) is 22.2 Å². The molecule has 8 heteroatoms. The number of fused-ring (bicyclic) bond motifs is 4. The van der Waals surface area contributed by atoms with Crippen LogP contribution in [0.1, 0.15) is 55.9 Å². The lowest BCUT2D eigenvalue weighted by atomic mass is 9.89. The topological polar surface area (TPSA) is 80.6 Å². The number of para-hydroxylation sites is 1. The number of aromatic amines is 1. The summed E-state index contributed by atoms with van der Waals surface area (Å²) in [6, 6.07) is 7.48. The van der Waals surface area contributed by atoms with Crippen LogP contribution in [0.5, 0.6) is 0 Å². The maximum absolute atomic E-state index is 13.2. The molecule has 166 valence electrons. The largest absolute Gasteiger partial charge is 0.309 e. The number of rotatable bonds is 5. The minimum Gasteiger partial charge on any atom is -0.309 e. The zero-order chi connectivity index (χ0) is 22.4. The van der Waals surface area contributed by atoms with Gasteiger partial charge in [0, 0.05) is 10.9 Å². The summed E-state index contributed by atoms with van der Waals surface area (Å²) in [5.41, 5.74) is 1.81. The molecular formula is C24H26N4O2S2. The molecule has 0 bridgehead atoms. The third-order valence-electron chi connectivity index (χ3n) is 6.36. The average molecular weight is 467 g/mol. The molecule has 0 amide bonds. The molecule has 1 aromatic carbocycles. The highest BCUT2D eigenvalue weighted by Crippen LogP contribution is 2.36. The van der Waals surface area contributed by atoms with Crippen LogP contribution in [0.15, 0.2) is 39.0 Å². The first kappa shape index (κ1) is 21.4. The minimum absolute atomic E-state index is 0.0237. The molecule has 0 radical (unpaired) electrons. The fourth-order valence-electron chi connectivity index (χ4n) is 4.39. The van der Waals surface area contributed by atoms with Gasteiger partial charge in [-0.3, -0.25) is 14.2 Å². The zero-order valence-corrected chi connectivity index (χ0v) is 20.1. The molecular weight excluding hydrogens is 440 g/mol. The zero-order valence-electron chi connectivity index (χ0n) is 18.5. The average Bonchev–Trinajstić information content (AvgIpc) is 3.15. The molecule has 32 heavy (non-hydrogen) atoms. The third kappa shape index (κ3) is 3.69. The van der Waals surface area contributed by atoms with Gasteiger partial charge < -0.3 is 4.98 Å². The van der Waals surface area contributed by atoms with E-state index >= 15 is 0 Å². The summed E-state index contributed by atoms with van der Waals surface area (Å²) in [6.07, 6.45) is 3.93. The van der Waals surface area contributed by atoms with Crippen LogP contribution in [0.3, 0.4) is 0 Å². The predicted octanol–water partition coefficient (Wildman–Crippen LogP) is 5.08. The minimum atomic E-state index is -0.0524. The lowest BCUT2D eigenvalue weighted by Gasteiger charge is -2.18. The van der Waals surface area contributed by atoms with Gasteiger partial charge in [-0.25, -0.2) is 9.97 Å². The Balaban J connectivity index is 1.52. The normalized spacial score (nSPS) is 17.0. The number of H-pyrrole nitrogens is 1. The van der Waals surface area contributed by atoms with Crippen LogP contribution in [0, 0.1) is 5.92 Å². The molecule has 0 saturated carbocycles. The summed E-state index contributed by atoms with van der Waals surface area (Å²) in [6.45, 7) is 6.36. The van der Waals surface area contributed by atoms with Crippen molar-refractivity contribution in [2.75, 3.05) is 0 Å². The van der Waals surface area contributed by atoms with Crippen LogP contribution in [0.2, 0.25) is 0 Å². The summed E-state index contributed by atoms with van der Waals surface area (Å²) in [4.78, 5) is 40.8. The Kier molecular flexibility index (Phi) is 5.67. The van der Waals surface area contributed by atoms with E-state index in [4.69, 9.17) is 9.97 Å². The van der Waals surface area contributed by atoms with Crippen molar-refractivity contribution in [3.63, 3.8) is 0 Å². The molecule has 2 atom stereocenters. The van der Waals surface area contributed by atoms with Crippen LogP contribution >= 0.6 is 23.1 Å². The molecule has 6 nitrogen and oxygen atoms in total. The second kappa shape index (κ2) is 8.48. The molecule has 4 aromatic rings. The molecule has 0 spiro atoms. The lowest BCUT2D eigenvalue weighted by molar-refractivity contribution is 0.468. The van der Waals surface area contributed by atoms with Crippen LogP contribution in [0.25, 0.3) is 21.1 Å². The number of nitrogens with one attached hydrogen (secondary N) is 1. The molecule has 1 N–H and O–H groups in total. The van der Waals surface area contributed by atoms with Gasteiger partial charge in [0.15, 0.2) is 5.16 Å². The summed E-state index contributed by atoms with van der Waals surface area (Å²) in [7, 11) is 0. The van der Waals surface area contributed by atoms with Crippen molar-refractivity contribution in [2.45, 2.75) is 63.4 Å². The monoisotopic (exact) mass is 466 g/mol. The van der Waals surface area contributed by atoms with E-state index in [9.17, 15) is 9.59 Å². The smallest absolute Gasteiger partial charge is 0.262 e. The molecule has 0 fully saturated rings. The maximum atomic E-state index is 13.2. The van der Waals surface area contributed by atoms with E-state index < -0.39 is 0 Å². The maximum Gasteiger partial charge on any atom is 0.262 e. The summed E-state index contributed by atoms with van der Waals surface area (Å²) in [5, 5.41) is 2.06. The second-order valence-electron chi connectivity index (χ2n) is 8.68. The van der Waals surface area contributed by atoms with E-state index in [2.05, 4.69) is 18.8 Å². The Morgan fingerprint density at radius 2 is 2.09 bits per heavy atom. The Hall–Kier alpha value is -2.45. The molecule has 1 aliphatic rings. The van der Waals surface area contributed by atoms with E-state index in [-0.39, 0.29) is 17.2 Å². The molecule has 1 aliphatic carbocycles. The van der Waals surface area contributed by atoms with Crippen molar-refractivity contribution < 1.29 is 0 Å². The summed E-state index contributed by atoms with van der Waals surface area (Å²) >= 11 is 3.11. The number of aryl methyl sites for hydroxylation is 1. The third-order valence-corrected chi connectivity index (χ3v) is 8.47. The van der Waals surface area contributed by atoms with E-state index in [0.717, 1.165) is 35.9 Å². The van der Waals surface area contributed by atoms with Gasteiger partial charge in [0.1, 0.15) is 10.7 Å². The molecule has 2 unspecified atom stereocenters. The fourth-order valence-corrected chi connectivity index (χ4v) is 6.76. The highest BCUT2D eigenvalue weighted by molar-refractivity contribution is 7.98. The predicted molar refractivity (Wildman–Crippen MR) is 132 cm³/mol. The molecule has 3 heterocycles. The molecule has 3 aromatic heterocycles. The number of aromatic nitrogens is 4. The van der Waals surface area contributed by atoms with Crippen LogP contribution in [-0.4, -0.2) is 19.5 Å². The van der Waals surface area contributed by atoms with E-state index in [1.54, 1.807) is 15.9 Å². The summed E-state index contributed by atoms with van der Waals surface area (Å²) in [5.74, 6) is 1.73. The van der Waals surface area contributed by atoms with E-state index in [1.807, 2.05) is 31.2 Å². The first-order valence-electron chi connectivity index (χ1n) is 11.1. The first-order chi connectivity index (χ1) is 15.5. The fraction of sp³-hybridized carbons (Fsp3) is 0.417. The van der Waals surface area contributed by atoms with Gasteiger partial charge in [-0.2, -0.15) is 0 Å². The number of benzene rings is 1. The van der Waals surface area contributed by atoms with Gasteiger partial charge in [0.2, 0.25) is 0 Å². The highest BCUT2D eigenvalue weighted by atomic mass is 32.2. The molecule has 0 aliphatic heterocycles. The van der Waals surface area contributed by atoms with Crippen molar-refractivity contribution in [1.29, 1.82) is 0 Å². The van der Waals surface area contributed by atoms with Gasteiger partial charge in [-0.05, 0) is 56.2 Å². The van der Waals surface area contributed by atoms with Gasteiger partial charge >= 0.3 is 0 Å². The van der Waals surface area contributed by atoms with Gasteiger partial charge in [-0.15, -0.1) is 11.3 Å². The van der Waals surface area contributed by atoms with Crippen molar-refractivity contribution in [3.05, 3.63) is 61.2 Å². The van der Waals surface area contributed by atoms with Crippen LogP contribution in [0.4, 0.5) is 0 Å². The van der Waals surface area contributed by atoms with E-state index in [0.29, 0.717) is 33.6 Å². The summed E-state index contributed by atoms with van der Waals surface area (Å²) < 4.78 is 1.77. The standard InChI is InChI=1S/C24H26N4O2S2/c1-4-14(3)28-23(30)15-7-5-6-8-17(15)25-24(28)31-12-19-26-21(29)20-16-10-9-13(2)11-18(16)32-22(20)27-19/h5-8,13-14H,4,9-12H2,1-3H3,(H,26,27,29). The molecule has 0 saturated heterocycles. The Morgan fingerprint density at radius 3 is 2.91 bits per heavy atom. The van der Waals surface area contributed by atoms with Crippen molar-refractivity contribution in [3.8, 4) is 0 Å². The van der Waals surface area contributed by atoms with Crippen molar-refractivity contribution >= 4 is 44.2 Å². The Labute approximate surface area is 194 Å². The van der Waals surface area contributed by atoms with Gasteiger partial charge in [-0.1, -0.05) is 37.7 Å². The highest BCUT2D eigenvalue weighted by Gasteiger charge is 2.23. The Bertz CT molecular complexity index is 1440. The first-order valence-corrected chi connectivity index (χ1v) is 12.9. The lowest BCUT2D eigenvalue weighted by Crippen LogP contribution is -2.26. The number of hydrogen-bond donors (Lipinski definition) is 1. The SMILES string of the molecule is CCC(C)n1c(SCc2nc3sc4c(c3c(=O)[nH]2)CCC(C)C4)nc2ccccc2c1=O. The number of nitrogens with zero attached hydrogens (tertiary/aromatic N) is 3. The van der Waals surface area contributed by atoms with Crippen molar-refractivity contribution in [2.24, 2.45) is 5.92 Å². The van der Waals surface area contributed by atoms with Crippen LogP contribution < -0.4 is 11.1 Å². The van der Waals surface area contributed by atoms with Crippen molar-refractivity contribution in [1.82, 2.24) is 19.5 Å². The van der Waals surface area contributed by atoms with Gasteiger partial charge in [0.25, 0.3) is 11.1 Å². The second-order valence-corrected chi connectivity index (χ2v) is 10.7. The van der Waals surface area contributed by atoms with Crippen LogP contribution in [-0.2, 0) is 18.6 Å². The Morgan fingerprint density at radius 1 is 1.28 bits per heavy atom. The number of thiophene rings is 1. The number of thioether (sulfide) groups is 1. The quantitative estimate of drug-likeness (QED) is 0.328.